The summed E-state index contributed by atoms with van der Waals surface area (Å²) in [5.41, 5.74) is 15.5. The van der Waals surface area contributed by atoms with E-state index in [1.165, 1.54) is 6.92 Å². The molecule has 0 bridgehead atoms. The lowest BCUT2D eigenvalue weighted by molar-refractivity contribution is -0.143. The highest BCUT2D eigenvalue weighted by Gasteiger charge is 2.30. The van der Waals surface area contributed by atoms with E-state index in [4.69, 9.17) is 27.4 Å². The molecule has 29 heavy (non-hydrogen) atoms. The van der Waals surface area contributed by atoms with Gasteiger partial charge in [0.15, 0.2) is 0 Å². The molecule has 14 nitrogen and oxygen atoms in total. The number of primary amides is 2. The van der Waals surface area contributed by atoms with Gasteiger partial charge in [-0.25, -0.2) is 4.79 Å². The van der Waals surface area contributed by atoms with Crippen LogP contribution in [0.15, 0.2) is 0 Å². The highest BCUT2D eigenvalue weighted by atomic mass is 16.4. The first-order valence-electron chi connectivity index (χ1n) is 8.46. The molecule has 0 aliphatic heterocycles. The fourth-order valence-corrected chi connectivity index (χ4v) is 2.00. The van der Waals surface area contributed by atoms with E-state index < -0.39 is 72.7 Å². The highest BCUT2D eigenvalue weighted by Crippen LogP contribution is 2.02. The molecule has 4 atom stereocenters. The average molecular weight is 418 g/mol. The van der Waals surface area contributed by atoms with Crippen LogP contribution in [0.5, 0.6) is 0 Å². The van der Waals surface area contributed by atoms with E-state index in [1.54, 1.807) is 0 Å². The quantitative estimate of drug-likeness (QED) is 0.142. The SMILES string of the molecule is CC(N)C(=O)NC(CCC(N)=O)C(=O)NC(CC(N)=O)C(=O)NC(CO)C(=O)O. The van der Waals surface area contributed by atoms with Gasteiger partial charge in [0.2, 0.25) is 29.5 Å². The molecule has 5 amide bonds. The van der Waals surface area contributed by atoms with E-state index in [2.05, 4.69) is 10.6 Å². The second kappa shape index (κ2) is 12.2. The molecule has 0 aromatic heterocycles. The van der Waals surface area contributed by atoms with Crippen molar-refractivity contribution in [2.45, 2.75) is 50.4 Å². The lowest BCUT2D eigenvalue weighted by Crippen LogP contribution is -2.58. The maximum Gasteiger partial charge on any atom is 0.328 e. The first-order chi connectivity index (χ1) is 13.4. The number of rotatable bonds is 13. The van der Waals surface area contributed by atoms with Crippen molar-refractivity contribution in [3.05, 3.63) is 0 Å². The van der Waals surface area contributed by atoms with Gasteiger partial charge in [0, 0.05) is 6.42 Å². The second-order valence-corrected chi connectivity index (χ2v) is 6.17. The number of carboxylic acid groups (broad SMARTS) is 1. The summed E-state index contributed by atoms with van der Waals surface area (Å²) in [7, 11) is 0. The number of nitrogens with one attached hydrogen (secondary N) is 3. The van der Waals surface area contributed by atoms with Crippen LogP contribution in [-0.4, -0.2) is 76.5 Å². The summed E-state index contributed by atoms with van der Waals surface area (Å²) in [6.07, 6.45) is -1.20. The summed E-state index contributed by atoms with van der Waals surface area (Å²) in [6, 6.07) is -5.59. The van der Waals surface area contributed by atoms with E-state index >= 15 is 0 Å². The van der Waals surface area contributed by atoms with Crippen LogP contribution in [0.4, 0.5) is 0 Å². The number of aliphatic carboxylic acids is 1. The lowest BCUT2D eigenvalue weighted by Gasteiger charge is -2.24. The third-order valence-electron chi connectivity index (χ3n) is 3.56. The Morgan fingerprint density at radius 2 is 1.31 bits per heavy atom. The molecule has 0 heterocycles. The van der Waals surface area contributed by atoms with E-state index in [0.29, 0.717) is 0 Å². The highest BCUT2D eigenvalue weighted by molar-refractivity contribution is 5.96. The van der Waals surface area contributed by atoms with Crippen LogP contribution < -0.4 is 33.2 Å². The largest absolute Gasteiger partial charge is 0.480 e. The van der Waals surface area contributed by atoms with Crippen LogP contribution in [0.1, 0.15) is 26.2 Å². The predicted octanol–water partition coefficient (Wildman–Crippen LogP) is -4.99. The zero-order valence-corrected chi connectivity index (χ0v) is 15.7. The Labute approximate surface area is 165 Å². The Bertz CT molecular complexity index is 653. The minimum Gasteiger partial charge on any atom is -0.480 e. The van der Waals surface area contributed by atoms with Crippen LogP contribution in [0, 0.1) is 0 Å². The maximum atomic E-state index is 12.5. The van der Waals surface area contributed by atoms with Gasteiger partial charge in [0.1, 0.15) is 18.1 Å². The van der Waals surface area contributed by atoms with Gasteiger partial charge < -0.3 is 43.4 Å². The summed E-state index contributed by atoms with van der Waals surface area (Å²) >= 11 is 0. The van der Waals surface area contributed by atoms with E-state index in [-0.39, 0.29) is 12.8 Å². The van der Waals surface area contributed by atoms with Gasteiger partial charge >= 0.3 is 5.97 Å². The van der Waals surface area contributed by atoms with Gasteiger partial charge in [-0.3, -0.25) is 24.0 Å². The molecule has 0 radical (unpaired) electrons. The van der Waals surface area contributed by atoms with Crippen LogP contribution in [0.25, 0.3) is 0 Å². The number of nitrogens with two attached hydrogens (primary N) is 3. The average Bonchev–Trinajstić information content (AvgIpc) is 2.60. The van der Waals surface area contributed by atoms with Crippen molar-refractivity contribution in [2.24, 2.45) is 17.2 Å². The van der Waals surface area contributed by atoms with Crippen molar-refractivity contribution in [1.82, 2.24) is 16.0 Å². The monoisotopic (exact) mass is 418 g/mol. The van der Waals surface area contributed by atoms with Crippen molar-refractivity contribution < 1.29 is 39.0 Å². The molecule has 0 aromatic carbocycles. The molecule has 0 fully saturated rings. The molecule has 0 aliphatic rings. The summed E-state index contributed by atoms with van der Waals surface area (Å²) < 4.78 is 0. The minimum absolute atomic E-state index is 0.223. The van der Waals surface area contributed by atoms with Gasteiger partial charge in [-0.2, -0.15) is 0 Å². The van der Waals surface area contributed by atoms with Gasteiger partial charge in [0.05, 0.1) is 19.1 Å². The zero-order valence-electron chi connectivity index (χ0n) is 15.7. The fourth-order valence-electron chi connectivity index (χ4n) is 2.00. The number of hydrogen-bond donors (Lipinski definition) is 8. The Morgan fingerprint density at radius 3 is 1.72 bits per heavy atom. The first kappa shape index (κ1) is 25.7. The van der Waals surface area contributed by atoms with Gasteiger partial charge in [-0.15, -0.1) is 0 Å². The van der Waals surface area contributed by atoms with E-state index in [9.17, 15) is 28.8 Å². The molecule has 0 aliphatic carbocycles. The zero-order chi connectivity index (χ0) is 22.7. The Kier molecular flexibility index (Phi) is 10.9. The first-order valence-corrected chi connectivity index (χ1v) is 8.46. The Balaban J connectivity index is 5.40. The molecular weight excluding hydrogens is 392 g/mol. The number of carboxylic acids is 1. The van der Waals surface area contributed by atoms with Gasteiger partial charge in [0.25, 0.3) is 0 Å². The lowest BCUT2D eigenvalue weighted by atomic mass is 10.1. The molecule has 0 saturated carbocycles. The summed E-state index contributed by atoms with van der Waals surface area (Å²) in [6.45, 7) is 0.409. The molecule has 0 saturated heterocycles. The standard InChI is InChI=1S/C15H26N6O8/c1-6(16)12(25)19-7(2-3-10(17)23)13(26)20-8(4-11(18)24)14(27)21-9(5-22)15(28)29/h6-9,22H,2-5,16H2,1H3,(H2,17,23)(H2,18,24)(H,19,25)(H,20,26)(H,21,27)(H,28,29). The fraction of sp³-hybridized carbons (Fsp3) is 0.600. The second-order valence-electron chi connectivity index (χ2n) is 6.17. The molecule has 11 N–H and O–H groups in total. The van der Waals surface area contributed by atoms with Crippen molar-refractivity contribution in [2.75, 3.05) is 6.61 Å². The summed E-state index contributed by atoms with van der Waals surface area (Å²) in [4.78, 5) is 69.6. The van der Waals surface area contributed by atoms with Crippen LogP contribution >= 0.6 is 0 Å². The van der Waals surface area contributed by atoms with Crippen LogP contribution in [0.2, 0.25) is 0 Å². The van der Waals surface area contributed by atoms with Gasteiger partial charge in [-0.1, -0.05) is 0 Å². The smallest absolute Gasteiger partial charge is 0.328 e. The number of carbonyl (C=O) groups excluding carboxylic acids is 5. The summed E-state index contributed by atoms with van der Waals surface area (Å²) in [5.74, 6) is -6.08. The van der Waals surface area contributed by atoms with Crippen LogP contribution in [-0.2, 0) is 28.8 Å². The predicted molar refractivity (Wildman–Crippen MR) is 96.4 cm³/mol. The topological polar surface area (TPSA) is 257 Å². The molecule has 0 rings (SSSR count). The maximum absolute atomic E-state index is 12.5. The minimum atomic E-state index is -1.68. The number of aliphatic hydroxyl groups excluding tert-OH is 1. The molecular formula is C15H26N6O8. The molecule has 0 aromatic rings. The summed E-state index contributed by atoms with van der Waals surface area (Å²) in [5, 5.41) is 24.2. The van der Waals surface area contributed by atoms with Crippen molar-refractivity contribution in [1.29, 1.82) is 0 Å². The normalized spacial score (nSPS) is 14.6. The van der Waals surface area contributed by atoms with E-state index in [0.717, 1.165) is 0 Å². The molecule has 0 spiro atoms. The van der Waals surface area contributed by atoms with Crippen molar-refractivity contribution in [3.8, 4) is 0 Å². The number of aliphatic hydroxyl groups is 1. The molecule has 4 unspecified atom stereocenters. The number of amides is 5. The Morgan fingerprint density at radius 1 is 0.828 bits per heavy atom. The third-order valence-corrected chi connectivity index (χ3v) is 3.56. The molecule has 164 valence electrons. The van der Waals surface area contributed by atoms with Gasteiger partial charge in [-0.05, 0) is 13.3 Å². The Hall–Kier alpha value is -3.26. The van der Waals surface area contributed by atoms with Crippen molar-refractivity contribution in [3.63, 3.8) is 0 Å². The number of hydrogen-bond acceptors (Lipinski definition) is 8. The number of carbonyl (C=O) groups is 6. The van der Waals surface area contributed by atoms with Crippen LogP contribution in [0.3, 0.4) is 0 Å². The van der Waals surface area contributed by atoms with E-state index in [1.807, 2.05) is 5.32 Å². The molecule has 14 heteroatoms. The third kappa shape index (κ3) is 10.0. The van der Waals surface area contributed by atoms with Crippen molar-refractivity contribution >= 4 is 35.5 Å².